The van der Waals surface area contributed by atoms with E-state index in [1.165, 1.54) is 0 Å². The van der Waals surface area contributed by atoms with Crippen molar-refractivity contribution in [3.05, 3.63) is 0 Å². The molecule has 0 fully saturated rings. The molecule has 2 atom stereocenters. The van der Waals surface area contributed by atoms with Gasteiger partial charge in [0.2, 0.25) is 11.6 Å². The number of carboxylic acids is 1. The zero-order valence-electron chi connectivity index (χ0n) is 6.10. The van der Waals surface area contributed by atoms with Crippen LogP contribution in [0.15, 0.2) is 0 Å². The molecule has 0 aliphatic carbocycles. The Balaban J connectivity index is 4.35. The Morgan fingerprint density at radius 3 is 2.17 bits per heavy atom. The molecule has 7 nitrogen and oxygen atoms in total. The maximum absolute atomic E-state index is 10.2. The fourth-order valence-corrected chi connectivity index (χ4v) is 0.489. The number of nitrogens with two attached hydrogens (primary N) is 2. The van der Waals surface area contributed by atoms with Gasteiger partial charge in [-0.1, -0.05) is 0 Å². The van der Waals surface area contributed by atoms with Crippen molar-refractivity contribution in [3.63, 3.8) is 0 Å². The molecule has 0 aromatic heterocycles. The van der Waals surface area contributed by atoms with Crippen LogP contribution in [0.25, 0.3) is 0 Å². The summed E-state index contributed by atoms with van der Waals surface area (Å²) < 4.78 is 0. The van der Waals surface area contributed by atoms with Gasteiger partial charge in [-0.15, -0.1) is 0 Å². The van der Waals surface area contributed by atoms with E-state index >= 15 is 0 Å². The van der Waals surface area contributed by atoms with Gasteiger partial charge in [0.25, 0.3) is 0 Å². The van der Waals surface area contributed by atoms with Crippen LogP contribution in [0.3, 0.4) is 0 Å². The van der Waals surface area contributed by atoms with Crippen molar-refractivity contribution in [3.8, 4) is 0 Å². The first kappa shape index (κ1) is 10.8. The Hall–Kier alpha value is -1.18. The van der Waals surface area contributed by atoms with Crippen LogP contribution in [0.1, 0.15) is 6.42 Å². The average Bonchev–Trinajstić information content (AvgIpc) is 1.85. The molecular formula is C5H10N2O5. The van der Waals surface area contributed by atoms with Gasteiger partial charge in [-0.2, -0.15) is 0 Å². The molecule has 2 unspecified atom stereocenters. The first-order valence-corrected chi connectivity index (χ1v) is 2.99. The van der Waals surface area contributed by atoms with Crippen LogP contribution in [-0.2, 0) is 9.59 Å². The Bertz CT molecular complexity index is 202. The first-order chi connectivity index (χ1) is 5.28. The molecule has 0 aliphatic heterocycles. The van der Waals surface area contributed by atoms with Crippen molar-refractivity contribution in [1.82, 2.24) is 0 Å². The number of primary amides is 1. The molecule has 0 rings (SSSR count). The summed E-state index contributed by atoms with van der Waals surface area (Å²) in [5.41, 5.74) is 6.54. The number of hydrogen-bond acceptors (Lipinski definition) is 5. The molecule has 0 radical (unpaired) electrons. The second-order valence-electron chi connectivity index (χ2n) is 2.32. The number of carbonyl (C=O) groups excluding carboxylic acids is 1. The van der Waals surface area contributed by atoms with Crippen molar-refractivity contribution in [1.29, 1.82) is 0 Å². The quantitative estimate of drug-likeness (QED) is 0.289. The smallest absolute Gasteiger partial charge is 0.353 e. The highest BCUT2D eigenvalue weighted by Crippen LogP contribution is 2.06. The van der Waals surface area contributed by atoms with Crippen LogP contribution in [0.4, 0.5) is 0 Å². The van der Waals surface area contributed by atoms with Crippen molar-refractivity contribution in [2.24, 2.45) is 11.5 Å². The number of rotatable bonds is 4. The van der Waals surface area contributed by atoms with Crippen molar-refractivity contribution in [2.45, 2.75) is 18.2 Å². The normalized spacial score (nSPS) is 17.9. The standard InChI is InChI=1S/C5H10N2O5/c6-3(9)1-2(8)5(7,12)4(10)11/h2,8,12H,1,7H2,(H2,6,9)(H,10,11). The molecule has 0 saturated carbocycles. The van der Waals surface area contributed by atoms with Gasteiger partial charge in [0.05, 0.1) is 6.42 Å². The summed E-state index contributed by atoms with van der Waals surface area (Å²) in [4.78, 5) is 20.3. The third kappa shape index (κ3) is 2.46. The second-order valence-corrected chi connectivity index (χ2v) is 2.32. The number of amides is 1. The van der Waals surface area contributed by atoms with E-state index in [9.17, 15) is 9.59 Å². The Morgan fingerprint density at radius 2 is 1.92 bits per heavy atom. The maximum atomic E-state index is 10.2. The number of carbonyl (C=O) groups is 2. The van der Waals surface area contributed by atoms with E-state index in [1.54, 1.807) is 0 Å². The third-order valence-electron chi connectivity index (χ3n) is 1.25. The molecular weight excluding hydrogens is 168 g/mol. The van der Waals surface area contributed by atoms with Crippen LogP contribution in [-0.4, -0.2) is 39.0 Å². The molecule has 0 aromatic rings. The summed E-state index contributed by atoms with van der Waals surface area (Å²) in [5.74, 6) is -2.77. The molecule has 0 spiro atoms. The molecule has 7 N–H and O–H groups in total. The van der Waals surface area contributed by atoms with Crippen LogP contribution in [0.5, 0.6) is 0 Å². The minimum Gasteiger partial charge on any atom is -0.478 e. The summed E-state index contributed by atoms with van der Waals surface area (Å²) in [6.45, 7) is 0. The molecule has 0 aromatic carbocycles. The lowest BCUT2D eigenvalue weighted by molar-refractivity contribution is -0.171. The highest BCUT2D eigenvalue weighted by atomic mass is 16.4. The van der Waals surface area contributed by atoms with E-state index in [-0.39, 0.29) is 0 Å². The number of carboxylic acid groups (broad SMARTS) is 1. The van der Waals surface area contributed by atoms with Crippen LogP contribution in [0.2, 0.25) is 0 Å². The number of aliphatic hydroxyl groups excluding tert-OH is 1. The molecule has 1 amide bonds. The summed E-state index contributed by atoms with van der Waals surface area (Å²) in [7, 11) is 0. The van der Waals surface area contributed by atoms with Crippen molar-refractivity contribution >= 4 is 11.9 Å². The Kier molecular flexibility index (Phi) is 3.14. The SMILES string of the molecule is NC(=O)CC(O)C(N)(O)C(=O)O. The monoisotopic (exact) mass is 178 g/mol. The lowest BCUT2D eigenvalue weighted by atomic mass is 10.1. The number of hydrogen-bond donors (Lipinski definition) is 5. The largest absolute Gasteiger partial charge is 0.478 e. The molecule has 0 saturated heterocycles. The van der Waals surface area contributed by atoms with Gasteiger partial charge in [-0.25, -0.2) is 4.79 Å². The molecule has 7 heteroatoms. The van der Waals surface area contributed by atoms with Gasteiger partial charge < -0.3 is 21.1 Å². The van der Waals surface area contributed by atoms with Gasteiger partial charge >= 0.3 is 5.97 Å². The fourth-order valence-electron chi connectivity index (χ4n) is 0.489. The first-order valence-electron chi connectivity index (χ1n) is 2.99. The number of aliphatic hydroxyl groups is 2. The highest BCUT2D eigenvalue weighted by molar-refractivity contribution is 5.80. The minimum absolute atomic E-state index is 0.709. The Labute approximate surface area is 67.6 Å². The molecule has 70 valence electrons. The summed E-state index contributed by atoms with van der Waals surface area (Å²) >= 11 is 0. The van der Waals surface area contributed by atoms with E-state index in [2.05, 4.69) is 5.73 Å². The molecule has 0 heterocycles. The summed E-state index contributed by atoms with van der Waals surface area (Å²) in [6.07, 6.45) is -2.62. The van der Waals surface area contributed by atoms with E-state index in [4.69, 9.17) is 21.1 Å². The Morgan fingerprint density at radius 1 is 1.50 bits per heavy atom. The zero-order valence-corrected chi connectivity index (χ0v) is 6.10. The van der Waals surface area contributed by atoms with Crippen LogP contribution in [0, 0.1) is 0 Å². The summed E-state index contributed by atoms with van der Waals surface area (Å²) in [6, 6.07) is 0. The average molecular weight is 178 g/mol. The van der Waals surface area contributed by atoms with E-state index in [0.29, 0.717) is 0 Å². The van der Waals surface area contributed by atoms with Gasteiger partial charge in [0, 0.05) is 0 Å². The molecule has 0 aliphatic rings. The fraction of sp³-hybridized carbons (Fsp3) is 0.600. The molecule has 0 bridgehead atoms. The third-order valence-corrected chi connectivity index (χ3v) is 1.25. The highest BCUT2D eigenvalue weighted by Gasteiger charge is 2.40. The van der Waals surface area contributed by atoms with Gasteiger partial charge in [0.15, 0.2) is 0 Å². The van der Waals surface area contributed by atoms with E-state index in [0.717, 1.165) is 0 Å². The second kappa shape index (κ2) is 3.48. The van der Waals surface area contributed by atoms with Crippen LogP contribution >= 0.6 is 0 Å². The van der Waals surface area contributed by atoms with Gasteiger partial charge in [-0.05, 0) is 0 Å². The predicted molar refractivity (Wildman–Crippen MR) is 36.6 cm³/mol. The topological polar surface area (TPSA) is 147 Å². The van der Waals surface area contributed by atoms with Gasteiger partial charge in [0.1, 0.15) is 6.10 Å². The lowest BCUT2D eigenvalue weighted by Crippen LogP contribution is -2.58. The zero-order chi connectivity index (χ0) is 9.94. The minimum atomic E-state index is -2.84. The van der Waals surface area contributed by atoms with Crippen molar-refractivity contribution < 1.29 is 24.9 Å². The lowest BCUT2D eigenvalue weighted by Gasteiger charge is -2.22. The van der Waals surface area contributed by atoms with Gasteiger partial charge in [-0.3, -0.25) is 10.5 Å². The maximum Gasteiger partial charge on any atom is 0.353 e. The van der Waals surface area contributed by atoms with E-state index < -0.39 is 30.1 Å². The van der Waals surface area contributed by atoms with E-state index in [1.807, 2.05) is 0 Å². The van der Waals surface area contributed by atoms with Crippen molar-refractivity contribution in [2.75, 3.05) is 0 Å². The molecule has 12 heavy (non-hydrogen) atoms. The summed E-state index contributed by atoms with van der Waals surface area (Å²) in [5, 5.41) is 25.9. The number of aliphatic carboxylic acids is 1. The predicted octanol–water partition coefficient (Wildman–Crippen LogP) is -3.05. The van der Waals surface area contributed by atoms with Crippen LogP contribution < -0.4 is 11.5 Å².